The lowest BCUT2D eigenvalue weighted by Gasteiger charge is -2.27. The molecule has 4 aromatic rings. The number of phenols is 2. The van der Waals surface area contributed by atoms with Crippen molar-refractivity contribution < 1.29 is 19.8 Å². The number of rotatable bonds is 12. The second-order valence-corrected chi connectivity index (χ2v) is 10.3. The molecule has 0 radical (unpaired) electrons. The molecular weight excluding hydrogens is 528 g/mol. The number of unbranched alkanes of at least 4 members (excludes halogenated alkanes) is 2. The monoisotopic (exact) mass is 564 g/mol. The highest BCUT2D eigenvalue weighted by atomic mass is 16.3. The van der Waals surface area contributed by atoms with E-state index in [0.717, 1.165) is 25.7 Å². The second kappa shape index (κ2) is 12.7. The zero-order chi connectivity index (χ0) is 29.6. The Kier molecular flexibility index (Phi) is 8.62. The van der Waals surface area contributed by atoms with E-state index in [0.29, 0.717) is 47.2 Å². The number of nitrogens with one attached hydrogen (secondary N) is 4. The van der Waals surface area contributed by atoms with Gasteiger partial charge in [0.1, 0.15) is 0 Å². The minimum Gasteiger partial charge on any atom is -0.505 e. The van der Waals surface area contributed by atoms with Crippen LogP contribution in [0, 0.1) is 0 Å². The Bertz CT molecular complexity index is 1480. The highest BCUT2D eigenvalue weighted by Crippen LogP contribution is 2.48. The van der Waals surface area contributed by atoms with Crippen LogP contribution >= 0.6 is 0 Å². The average molecular weight is 565 g/mol. The van der Waals surface area contributed by atoms with Gasteiger partial charge in [0, 0.05) is 24.5 Å². The SMILES string of the molecule is CCCCNc1cc(Nc2ccccc2)c2c(c1O)C(=O)c1c(Nc3ccccc3)cc(NCCCC)c(O)c1C2=O. The molecule has 4 aromatic carbocycles. The number of benzene rings is 4. The molecule has 216 valence electrons. The Morgan fingerprint density at radius 1 is 0.548 bits per heavy atom. The number of fused-ring (bicyclic) bond motifs is 2. The Labute approximate surface area is 245 Å². The number of anilines is 6. The zero-order valence-electron chi connectivity index (χ0n) is 23.9. The molecule has 8 nitrogen and oxygen atoms in total. The first-order valence-electron chi connectivity index (χ1n) is 14.5. The lowest BCUT2D eigenvalue weighted by molar-refractivity contribution is 0.0975. The summed E-state index contributed by atoms with van der Waals surface area (Å²) >= 11 is 0. The molecule has 1 aliphatic rings. The standard InChI is InChI=1S/C34H36N4O4/c1-3-5-17-35-25-19-23(37-21-13-9-7-10-14-21)27-29(31(25)39)33(41)28-24(38-22-15-11-8-12-16-22)20-26(36-18-6-4-2)32(40)30(28)34(27)42/h7-16,19-20,35-40H,3-6,17-18H2,1-2H3. The van der Waals surface area contributed by atoms with Gasteiger partial charge >= 0.3 is 0 Å². The Morgan fingerprint density at radius 2 is 0.929 bits per heavy atom. The molecule has 1 aliphatic carbocycles. The topological polar surface area (TPSA) is 123 Å². The summed E-state index contributed by atoms with van der Waals surface area (Å²) in [5, 5.41) is 35.8. The van der Waals surface area contributed by atoms with Crippen molar-refractivity contribution in [3.8, 4) is 11.5 Å². The van der Waals surface area contributed by atoms with E-state index in [9.17, 15) is 19.8 Å². The van der Waals surface area contributed by atoms with Gasteiger partial charge in [-0.3, -0.25) is 9.59 Å². The van der Waals surface area contributed by atoms with Gasteiger partial charge in [0.25, 0.3) is 0 Å². The van der Waals surface area contributed by atoms with Gasteiger partial charge in [-0.25, -0.2) is 0 Å². The van der Waals surface area contributed by atoms with Crippen LogP contribution in [0.25, 0.3) is 0 Å². The fourth-order valence-electron chi connectivity index (χ4n) is 5.13. The van der Waals surface area contributed by atoms with Crippen molar-refractivity contribution >= 4 is 45.7 Å². The van der Waals surface area contributed by atoms with Crippen LogP contribution in [0.3, 0.4) is 0 Å². The van der Waals surface area contributed by atoms with Crippen LogP contribution in [0.15, 0.2) is 72.8 Å². The van der Waals surface area contributed by atoms with Crippen molar-refractivity contribution in [2.75, 3.05) is 34.4 Å². The number of hydrogen-bond donors (Lipinski definition) is 6. The van der Waals surface area contributed by atoms with E-state index >= 15 is 0 Å². The first-order chi connectivity index (χ1) is 20.4. The quantitative estimate of drug-likeness (QED) is 0.0516. The second-order valence-electron chi connectivity index (χ2n) is 10.3. The number of aromatic hydroxyl groups is 2. The van der Waals surface area contributed by atoms with E-state index in [1.807, 2.05) is 60.7 Å². The molecule has 0 aromatic heterocycles. The summed E-state index contributed by atoms with van der Waals surface area (Å²) < 4.78 is 0. The molecule has 0 saturated heterocycles. The van der Waals surface area contributed by atoms with E-state index in [1.165, 1.54) is 0 Å². The first-order valence-corrected chi connectivity index (χ1v) is 14.5. The number of phenolic OH excluding ortho intramolecular Hbond substituents is 2. The zero-order valence-corrected chi connectivity index (χ0v) is 23.9. The molecule has 8 heteroatoms. The first kappa shape index (κ1) is 28.5. The molecule has 5 rings (SSSR count). The predicted octanol–water partition coefficient (Wildman–Crippen LogP) is 7.78. The van der Waals surface area contributed by atoms with Crippen LogP contribution in [0.5, 0.6) is 11.5 Å². The summed E-state index contributed by atoms with van der Waals surface area (Å²) in [4.78, 5) is 28.7. The highest BCUT2D eigenvalue weighted by Gasteiger charge is 2.40. The van der Waals surface area contributed by atoms with Crippen LogP contribution in [0.4, 0.5) is 34.1 Å². The Morgan fingerprint density at radius 3 is 1.29 bits per heavy atom. The smallest absolute Gasteiger partial charge is 0.200 e. The minimum atomic E-state index is -0.554. The van der Waals surface area contributed by atoms with E-state index in [1.54, 1.807) is 12.1 Å². The van der Waals surface area contributed by atoms with E-state index in [4.69, 9.17) is 0 Å². The predicted molar refractivity (Wildman–Crippen MR) is 169 cm³/mol. The lowest BCUT2D eigenvalue weighted by Crippen LogP contribution is -2.25. The Balaban J connectivity index is 1.71. The van der Waals surface area contributed by atoms with Crippen molar-refractivity contribution in [2.45, 2.75) is 39.5 Å². The summed E-state index contributed by atoms with van der Waals surface area (Å²) in [5.74, 6) is -1.69. The van der Waals surface area contributed by atoms with E-state index in [2.05, 4.69) is 35.1 Å². The molecule has 0 amide bonds. The molecule has 0 fully saturated rings. The third-order valence-corrected chi connectivity index (χ3v) is 7.31. The number of carbonyl (C=O) groups excluding carboxylic acids is 2. The minimum absolute atomic E-state index is 0.0153. The molecule has 0 atom stereocenters. The van der Waals surface area contributed by atoms with Crippen LogP contribution in [-0.2, 0) is 0 Å². The molecule has 0 spiro atoms. The van der Waals surface area contributed by atoms with Gasteiger partial charge in [0.2, 0.25) is 11.6 Å². The van der Waals surface area contributed by atoms with Gasteiger partial charge in [0.15, 0.2) is 11.5 Å². The summed E-state index contributed by atoms with van der Waals surface area (Å²) in [6, 6.07) is 21.9. The molecule has 0 unspecified atom stereocenters. The maximum Gasteiger partial charge on any atom is 0.200 e. The van der Waals surface area contributed by atoms with Crippen LogP contribution in [-0.4, -0.2) is 34.9 Å². The van der Waals surface area contributed by atoms with Gasteiger partial charge in [-0.1, -0.05) is 63.1 Å². The van der Waals surface area contributed by atoms with Gasteiger partial charge in [-0.2, -0.15) is 0 Å². The number of para-hydroxylation sites is 2. The largest absolute Gasteiger partial charge is 0.505 e. The normalized spacial score (nSPS) is 12.0. The highest BCUT2D eigenvalue weighted by molar-refractivity contribution is 6.34. The Hall–Kier alpha value is -4.98. The van der Waals surface area contributed by atoms with Crippen molar-refractivity contribution in [1.29, 1.82) is 0 Å². The van der Waals surface area contributed by atoms with Crippen LogP contribution in [0.1, 0.15) is 71.4 Å². The van der Waals surface area contributed by atoms with Gasteiger partial charge < -0.3 is 31.5 Å². The summed E-state index contributed by atoms with van der Waals surface area (Å²) in [6.07, 6.45) is 3.61. The third-order valence-electron chi connectivity index (χ3n) is 7.31. The van der Waals surface area contributed by atoms with Gasteiger partial charge in [-0.05, 0) is 49.2 Å². The molecule has 6 N–H and O–H groups in total. The maximum absolute atomic E-state index is 14.4. The summed E-state index contributed by atoms with van der Waals surface area (Å²) in [5.41, 5.74) is 2.67. The molecule has 42 heavy (non-hydrogen) atoms. The van der Waals surface area contributed by atoms with Crippen LogP contribution < -0.4 is 21.3 Å². The van der Waals surface area contributed by atoms with Crippen molar-refractivity contribution in [1.82, 2.24) is 0 Å². The maximum atomic E-state index is 14.4. The average Bonchev–Trinajstić information content (AvgIpc) is 2.99. The number of carbonyl (C=O) groups is 2. The van der Waals surface area contributed by atoms with Crippen molar-refractivity contribution in [3.63, 3.8) is 0 Å². The third kappa shape index (κ3) is 5.61. The molecule has 0 aliphatic heterocycles. The fourth-order valence-corrected chi connectivity index (χ4v) is 5.13. The van der Waals surface area contributed by atoms with Gasteiger partial charge in [0.05, 0.1) is 45.0 Å². The van der Waals surface area contributed by atoms with Gasteiger partial charge in [-0.15, -0.1) is 0 Å². The summed E-state index contributed by atoms with van der Waals surface area (Å²) in [6.45, 7) is 5.30. The van der Waals surface area contributed by atoms with Crippen molar-refractivity contribution in [3.05, 3.63) is 95.1 Å². The molecule has 0 heterocycles. The van der Waals surface area contributed by atoms with Crippen molar-refractivity contribution in [2.24, 2.45) is 0 Å². The number of ketones is 2. The molecule has 0 saturated carbocycles. The van der Waals surface area contributed by atoms with Crippen LogP contribution in [0.2, 0.25) is 0 Å². The molecular formula is C34H36N4O4. The lowest BCUT2D eigenvalue weighted by atomic mass is 9.80. The summed E-state index contributed by atoms with van der Waals surface area (Å²) in [7, 11) is 0. The van der Waals surface area contributed by atoms with E-state index in [-0.39, 0.29) is 33.8 Å². The van der Waals surface area contributed by atoms with E-state index < -0.39 is 11.6 Å². The fraction of sp³-hybridized carbons (Fsp3) is 0.235. The number of hydrogen-bond acceptors (Lipinski definition) is 8. The molecule has 0 bridgehead atoms.